The van der Waals surface area contributed by atoms with E-state index in [-0.39, 0.29) is 30.6 Å². The van der Waals surface area contributed by atoms with E-state index in [4.69, 9.17) is 10.9 Å². The number of nitrogens with one attached hydrogen (secondary N) is 1. The molecular weight excluding hydrogens is 239 g/mol. The van der Waals surface area contributed by atoms with E-state index in [1.165, 1.54) is 17.2 Å². The fourth-order valence-electron chi connectivity index (χ4n) is 1.81. The van der Waals surface area contributed by atoms with Gasteiger partial charge in [0.05, 0.1) is 12.2 Å². The van der Waals surface area contributed by atoms with Crippen molar-refractivity contribution in [1.29, 1.82) is 0 Å². The van der Waals surface area contributed by atoms with Crippen molar-refractivity contribution in [2.75, 3.05) is 18.6 Å². The van der Waals surface area contributed by atoms with E-state index >= 15 is 0 Å². The summed E-state index contributed by atoms with van der Waals surface area (Å²) >= 11 is 0. The van der Waals surface area contributed by atoms with Crippen LogP contribution in [0.4, 0.5) is 10.2 Å². The van der Waals surface area contributed by atoms with Crippen molar-refractivity contribution < 1.29 is 14.3 Å². The van der Waals surface area contributed by atoms with Crippen molar-refractivity contribution in [1.82, 2.24) is 9.88 Å². The molecule has 0 unspecified atom stereocenters. The topological polar surface area (TPSA) is 91.5 Å². The van der Waals surface area contributed by atoms with Gasteiger partial charge in [-0.05, 0) is 18.9 Å². The maximum atomic E-state index is 13.9. The molecule has 1 fully saturated rings. The molecule has 1 aromatic heterocycles. The first-order valence-corrected chi connectivity index (χ1v) is 5.72. The van der Waals surface area contributed by atoms with E-state index in [1.807, 2.05) is 0 Å². The highest BCUT2D eigenvalue weighted by atomic mass is 19.1. The summed E-state index contributed by atoms with van der Waals surface area (Å²) in [5.41, 5.74) is 2.02. The number of pyridine rings is 1. The van der Waals surface area contributed by atoms with Gasteiger partial charge in [0.1, 0.15) is 0 Å². The Bertz CT molecular complexity index is 451. The van der Waals surface area contributed by atoms with Crippen LogP contribution in [0.1, 0.15) is 23.2 Å². The van der Waals surface area contributed by atoms with Gasteiger partial charge in [-0.15, -0.1) is 0 Å². The molecule has 1 heterocycles. The Morgan fingerprint density at radius 3 is 2.94 bits per heavy atom. The molecular formula is C11H15FN4O2. The van der Waals surface area contributed by atoms with E-state index in [9.17, 15) is 9.18 Å². The largest absolute Gasteiger partial charge is 0.395 e. The molecule has 0 radical (unpaired) electrons. The Morgan fingerprint density at radius 1 is 1.67 bits per heavy atom. The minimum absolute atomic E-state index is 0.0849. The Morgan fingerprint density at radius 2 is 2.39 bits per heavy atom. The smallest absolute Gasteiger partial charge is 0.257 e. The third-order valence-electron chi connectivity index (χ3n) is 2.85. The summed E-state index contributed by atoms with van der Waals surface area (Å²) in [6.07, 6.45) is 3.09. The van der Waals surface area contributed by atoms with Crippen LogP contribution in [0, 0.1) is 5.82 Å². The maximum absolute atomic E-state index is 13.9. The number of carbonyl (C=O) groups excluding carboxylic acids is 1. The number of nitrogens with zero attached hydrogens (tertiary/aromatic N) is 2. The lowest BCUT2D eigenvalue weighted by atomic mass is 10.2. The molecule has 2 rings (SSSR count). The normalized spacial score (nSPS) is 14.4. The number of nitrogens with two attached hydrogens (primary N) is 1. The highest BCUT2D eigenvalue weighted by molar-refractivity contribution is 5.95. The lowest BCUT2D eigenvalue weighted by molar-refractivity contribution is 0.0703. The number of aliphatic hydroxyl groups is 1. The Hall–Kier alpha value is -1.73. The van der Waals surface area contributed by atoms with Crippen LogP contribution in [-0.4, -0.2) is 40.1 Å². The lowest BCUT2D eigenvalue weighted by Crippen LogP contribution is -2.36. The summed E-state index contributed by atoms with van der Waals surface area (Å²) in [7, 11) is 0. The molecule has 98 valence electrons. The quantitative estimate of drug-likeness (QED) is 0.512. The van der Waals surface area contributed by atoms with Crippen molar-refractivity contribution in [2.45, 2.75) is 18.9 Å². The molecule has 7 heteroatoms. The Kier molecular flexibility index (Phi) is 3.73. The predicted molar refractivity (Wildman–Crippen MR) is 63.1 cm³/mol. The number of aromatic nitrogens is 1. The van der Waals surface area contributed by atoms with Gasteiger partial charge in [-0.25, -0.2) is 15.2 Å². The third-order valence-corrected chi connectivity index (χ3v) is 2.85. The number of anilines is 1. The van der Waals surface area contributed by atoms with E-state index in [2.05, 4.69) is 10.4 Å². The summed E-state index contributed by atoms with van der Waals surface area (Å²) in [6, 6.07) is 1.41. The molecule has 18 heavy (non-hydrogen) atoms. The first-order chi connectivity index (χ1) is 8.69. The second kappa shape index (κ2) is 5.28. The van der Waals surface area contributed by atoms with Crippen LogP contribution in [0.5, 0.6) is 0 Å². The molecule has 0 bridgehead atoms. The number of hydrazine groups is 1. The zero-order valence-corrected chi connectivity index (χ0v) is 9.77. The van der Waals surface area contributed by atoms with Crippen molar-refractivity contribution in [3.05, 3.63) is 23.6 Å². The van der Waals surface area contributed by atoms with Crippen molar-refractivity contribution in [3.8, 4) is 0 Å². The maximum Gasteiger partial charge on any atom is 0.257 e. The first-order valence-electron chi connectivity index (χ1n) is 5.72. The molecule has 1 aliphatic carbocycles. The van der Waals surface area contributed by atoms with Gasteiger partial charge < -0.3 is 15.4 Å². The molecule has 1 saturated carbocycles. The molecule has 1 aliphatic rings. The van der Waals surface area contributed by atoms with E-state index in [1.54, 1.807) is 0 Å². The molecule has 0 saturated heterocycles. The summed E-state index contributed by atoms with van der Waals surface area (Å²) in [6.45, 7) is 0.0631. The van der Waals surface area contributed by atoms with E-state index in [0.29, 0.717) is 0 Å². The number of hydrogen-bond donors (Lipinski definition) is 3. The number of amides is 1. The summed E-state index contributed by atoms with van der Waals surface area (Å²) in [5.74, 6) is 3.73. The molecule has 4 N–H and O–H groups in total. The lowest BCUT2D eigenvalue weighted by Gasteiger charge is -2.21. The molecule has 1 aromatic rings. The number of rotatable bonds is 5. The second-order valence-corrected chi connectivity index (χ2v) is 4.12. The van der Waals surface area contributed by atoms with Crippen LogP contribution in [0.15, 0.2) is 12.3 Å². The fourth-order valence-corrected chi connectivity index (χ4v) is 1.81. The van der Waals surface area contributed by atoms with Gasteiger partial charge in [0, 0.05) is 18.8 Å². The highest BCUT2D eigenvalue weighted by Gasteiger charge is 2.34. The minimum atomic E-state index is -0.770. The molecule has 0 spiro atoms. The average Bonchev–Trinajstić information content (AvgIpc) is 3.20. The van der Waals surface area contributed by atoms with Gasteiger partial charge >= 0.3 is 0 Å². The van der Waals surface area contributed by atoms with Crippen LogP contribution in [-0.2, 0) is 0 Å². The van der Waals surface area contributed by atoms with Crippen LogP contribution >= 0.6 is 0 Å². The van der Waals surface area contributed by atoms with Gasteiger partial charge in [0.15, 0.2) is 11.6 Å². The molecule has 1 amide bonds. The van der Waals surface area contributed by atoms with Crippen molar-refractivity contribution in [3.63, 3.8) is 0 Å². The fraction of sp³-hybridized carbons (Fsp3) is 0.455. The number of nitrogen functional groups attached to an aromatic ring is 1. The zero-order valence-electron chi connectivity index (χ0n) is 9.77. The molecule has 6 nitrogen and oxygen atoms in total. The van der Waals surface area contributed by atoms with Crippen LogP contribution < -0.4 is 11.3 Å². The third kappa shape index (κ3) is 2.41. The first kappa shape index (κ1) is 12.7. The van der Waals surface area contributed by atoms with Crippen molar-refractivity contribution >= 4 is 11.7 Å². The monoisotopic (exact) mass is 254 g/mol. The number of hydrogen-bond acceptors (Lipinski definition) is 5. The minimum Gasteiger partial charge on any atom is -0.395 e. The van der Waals surface area contributed by atoms with E-state index < -0.39 is 11.7 Å². The Labute approximate surface area is 104 Å². The molecule has 0 aliphatic heterocycles. The summed E-state index contributed by atoms with van der Waals surface area (Å²) in [5, 5.41) is 8.95. The number of carbonyl (C=O) groups is 1. The predicted octanol–water partition coefficient (Wildman–Crippen LogP) is 0.103. The summed E-state index contributed by atoms with van der Waals surface area (Å²) < 4.78 is 13.9. The molecule has 0 aromatic carbocycles. The van der Waals surface area contributed by atoms with Crippen LogP contribution in [0.2, 0.25) is 0 Å². The van der Waals surface area contributed by atoms with Crippen LogP contribution in [0.25, 0.3) is 0 Å². The van der Waals surface area contributed by atoms with Gasteiger partial charge in [-0.3, -0.25) is 4.79 Å². The van der Waals surface area contributed by atoms with Gasteiger partial charge in [0.25, 0.3) is 5.91 Å². The Balaban J connectivity index is 2.26. The highest BCUT2D eigenvalue weighted by Crippen LogP contribution is 2.28. The van der Waals surface area contributed by atoms with Crippen molar-refractivity contribution in [2.24, 2.45) is 5.84 Å². The second-order valence-electron chi connectivity index (χ2n) is 4.12. The molecule has 0 atom stereocenters. The standard InChI is InChI=1S/C11H15FN4O2/c12-9-8(3-4-14-10(9)15-13)11(18)16(5-6-17)7-1-2-7/h3-4,7,17H,1-2,5-6,13H2,(H,14,15). The zero-order chi connectivity index (χ0) is 13.1. The van der Waals surface area contributed by atoms with Gasteiger partial charge in [-0.1, -0.05) is 0 Å². The summed E-state index contributed by atoms with van der Waals surface area (Å²) in [4.78, 5) is 17.3. The van der Waals surface area contributed by atoms with Gasteiger partial charge in [0.2, 0.25) is 0 Å². The average molecular weight is 254 g/mol. The number of halogens is 1. The van der Waals surface area contributed by atoms with Crippen LogP contribution in [0.3, 0.4) is 0 Å². The van der Waals surface area contributed by atoms with E-state index in [0.717, 1.165) is 12.8 Å². The van der Waals surface area contributed by atoms with Gasteiger partial charge in [-0.2, -0.15) is 0 Å². The SMILES string of the molecule is NNc1nccc(C(=O)N(CCO)C2CC2)c1F. The number of aliphatic hydroxyl groups excluding tert-OH is 1.